The molecule has 7 heteroatoms. The molecule has 0 saturated heterocycles. The molecular weight excluding hydrogens is 303 g/mol. The lowest BCUT2D eigenvalue weighted by molar-refractivity contribution is -0.0497. The van der Waals surface area contributed by atoms with E-state index in [9.17, 15) is 8.78 Å². The van der Waals surface area contributed by atoms with Crippen molar-refractivity contribution in [2.24, 2.45) is 0 Å². The molecule has 0 aliphatic rings. The number of benzene rings is 1. The van der Waals surface area contributed by atoms with E-state index >= 15 is 0 Å². The molecule has 0 saturated carbocycles. The fourth-order valence-corrected chi connectivity index (χ4v) is 2.32. The van der Waals surface area contributed by atoms with Gasteiger partial charge in [-0.1, -0.05) is 23.2 Å². The van der Waals surface area contributed by atoms with Gasteiger partial charge < -0.3 is 10.1 Å². The van der Waals surface area contributed by atoms with Crippen LogP contribution in [0.4, 0.5) is 14.5 Å². The molecule has 1 aromatic rings. The van der Waals surface area contributed by atoms with E-state index in [0.29, 0.717) is 5.69 Å². The van der Waals surface area contributed by atoms with Crippen molar-refractivity contribution in [3.8, 4) is 5.75 Å². The molecule has 1 rings (SSSR count). The molecular formula is C11H13Cl2F2NOS. The molecule has 0 amide bonds. The average Bonchev–Trinajstić information content (AvgIpc) is 2.29. The molecule has 1 aromatic carbocycles. The van der Waals surface area contributed by atoms with Crippen molar-refractivity contribution in [2.75, 3.05) is 23.9 Å². The Balaban J connectivity index is 2.67. The zero-order chi connectivity index (χ0) is 13.5. The normalized spacial score (nSPS) is 10.8. The summed E-state index contributed by atoms with van der Waals surface area (Å²) in [5, 5.41) is 3.25. The Bertz CT molecular complexity index is 370. The summed E-state index contributed by atoms with van der Waals surface area (Å²) in [6, 6.07) is 3.04. The molecule has 0 bridgehead atoms. The Kier molecular flexibility index (Phi) is 6.89. The van der Waals surface area contributed by atoms with Crippen LogP contribution in [0.5, 0.6) is 5.75 Å². The van der Waals surface area contributed by atoms with Crippen molar-refractivity contribution < 1.29 is 13.5 Å². The lowest BCUT2D eigenvalue weighted by atomic mass is 10.3. The molecule has 0 atom stereocenters. The summed E-state index contributed by atoms with van der Waals surface area (Å²) in [4.78, 5) is 0. The summed E-state index contributed by atoms with van der Waals surface area (Å²) in [6.45, 7) is -2.18. The number of nitrogens with one attached hydrogen (secondary N) is 1. The molecule has 0 fully saturated rings. The third-order valence-corrected chi connectivity index (χ3v) is 3.32. The highest BCUT2D eigenvalue weighted by Gasteiger charge is 2.14. The Morgan fingerprint density at radius 2 is 1.94 bits per heavy atom. The quantitative estimate of drug-likeness (QED) is 0.733. The Morgan fingerprint density at radius 3 is 2.44 bits per heavy atom. The van der Waals surface area contributed by atoms with Crippen LogP contribution in [0.15, 0.2) is 12.1 Å². The first kappa shape index (κ1) is 15.7. The lowest BCUT2D eigenvalue weighted by Gasteiger charge is -2.12. The monoisotopic (exact) mass is 315 g/mol. The molecule has 0 radical (unpaired) electrons. The summed E-state index contributed by atoms with van der Waals surface area (Å²) < 4.78 is 28.5. The van der Waals surface area contributed by atoms with Gasteiger partial charge in [0, 0.05) is 12.2 Å². The average molecular weight is 316 g/mol. The summed E-state index contributed by atoms with van der Waals surface area (Å²) in [5.41, 5.74) is 0.688. The Hall–Kier alpha value is -0.390. The fourth-order valence-electron chi connectivity index (χ4n) is 1.31. The predicted octanol–water partition coefficient (Wildman–Crippen LogP) is 4.76. The van der Waals surface area contributed by atoms with Gasteiger partial charge in [-0.2, -0.15) is 20.5 Å². The van der Waals surface area contributed by atoms with E-state index in [0.717, 1.165) is 18.7 Å². The van der Waals surface area contributed by atoms with Crippen molar-refractivity contribution in [1.82, 2.24) is 0 Å². The SMILES string of the molecule is CSCCCNc1cc(Cl)c(OC(F)F)c(Cl)c1. The highest BCUT2D eigenvalue weighted by atomic mass is 35.5. The van der Waals surface area contributed by atoms with Crippen molar-refractivity contribution in [3.63, 3.8) is 0 Å². The van der Waals surface area contributed by atoms with Gasteiger partial charge in [-0.3, -0.25) is 0 Å². The number of alkyl halides is 2. The largest absolute Gasteiger partial charge is 0.432 e. The Labute approximate surface area is 119 Å². The molecule has 0 unspecified atom stereocenters. The van der Waals surface area contributed by atoms with Crippen LogP contribution in [0.3, 0.4) is 0 Å². The number of halogens is 4. The zero-order valence-corrected chi connectivity index (χ0v) is 12.0. The van der Waals surface area contributed by atoms with Gasteiger partial charge in [-0.05, 0) is 30.6 Å². The topological polar surface area (TPSA) is 21.3 Å². The summed E-state index contributed by atoms with van der Waals surface area (Å²) in [5.74, 6) is 0.851. The standard InChI is InChI=1S/C11H13Cl2F2NOS/c1-18-4-2-3-16-7-5-8(12)10(9(13)6-7)17-11(14)15/h5-6,11,16H,2-4H2,1H3. The van der Waals surface area contributed by atoms with Crippen molar-refractivity contribution >= 4 is 40.7 Å². The van der Waals surface area contributed by atoms with E-state index in [1.165, 1.54) is 12.1 Å². The van der Waals surface area contributed by atoms with Crippen molar-refractivity contribution in [2.45, 2.75) is 13.0 Å². The molecule has 0 aliphatic carbocycles. The number of hydrogen-bond donors (Lipinski definition) is 1. The maximum absolute atomic E-state index is 12.1. The number of anilines is 1. The molecule has 0 heterocycles. The van der Waals surface area contributed by atoms with Crippen LogP contribution in [0.2, 0.25) is 10.0 Å². The third-order valence-electron chi connectivity index (χ3n) is 2.06. The zero-order valence-electron chi connectivity index (χ0n) is 9.68. The van der Waals surface area contributed by atoms with E-state index in [1.54, 1.807) is 11.8 Å². The second kappa shape index (κ2) is 7.92. The van der Waals surface area contributed by atoms with E-state index in [1.807, 2.05) is 6.26 Å². The van der Waals surface area contributed by atoms with Gasteiger partial charge in [0.05, 0.1) is 10.0 Å². The number of ether oxygens (including phenoxy) is 1. The first-order valence-electron chi connectivity index (χ1n) is 5.21. The van der Waals surface area contributed by atoms with Crippen LogP contribution in [-0.2, 0) is 0 Å². The lowest BCUT2D eigenvalue weighted by Crippen LogP contribution is -2.05. The van der Waals surface area contributed by atoms with Crippen LogP contribution in [-0.4, -0.2) is 25.2 Å². The van der Waals surface area contributed by atoms with Crippen molar-refractivity contribution in [1.29, 1.82) is 0 Å². The summed E-state index contributed by atoms with van der Waals surface area (Å²) in [6.07, 6.45) is 3.02. The van der Waals surface area contributed by atoms with Crippen LogP contribution >= 0.6 is 35.0 Å². The van der Waals surface area contributed by atoms with Gasteiger partial charge >= 0.3 is 6.61 Å². The van der Waals surface area contributed by atoms with Crippen LogP contribution < -0.4 is 10.1 Å². The van der Waals surface area contributed by atoms with Gasteiger partial charge in [0.1, 0.15) is 0 Å². The van der Waals surface area contributed by atoms with Crippen LogP contribution in [0.25, 0.3) is 0 Å². The van der Waals surface area contributed by atoms with Crippen LogP contribution in [0, 0.1) is 0 Å². The number of rotatable bonds is 7. The van der Waals surface area contributed by atoms with Gasteiger partial charge in [-0.25, -0.2) is 0 Å². The summed E-state index contributed by atoms with van der Waals surface area (Å²) >= 11 is 13.4. The molecule has 0 aliphatic heterocycles. The second-order valence-corrected chi connectivity index (χ2v) is 5.22. The molecule has 0 aromatic heterocycles. The second-order valence-electron chi connectivity index (χ2n) is 3.42. The van der Waals surface area contributed by atoms with E-state index in [4.69, 9.17) is 23.2 Å². The molecule has 18 heavy (non-hydrogen) atoms. The van der Waals surface area contributed by atoms with Crippen LogP contribution in [0.1, 0.15) is 6.42 Å². The van der Waals surface area contributed by atoms with E-state index < -0.39 is 6.61 Å². The molecule has 1 N–H and O–H groups in total. The number of thioether (sulfide) groups is 1. The van der Waals surface area contributed by atoms with Gasteiger partial charge in [0.2, 0.25) is 0 Å². The maximum Gasteiger partial charge on any atom is 0.387 e. The minimum atomic E-state index is -2.94. The highest BCUT2D eigenvalue weighted by Crippen LogP contribution is 2.36. The smallest absolute Gasteiger partial charge is 0.387 e. The first-order valence-corrected chi connectivity index (χ1v) is 7.36. The minimum absolute atomic E-state index is 0.0650. The van der Waals surface area contributed by atoms with E-state index in [2.05, 4.69) is 10.1 Å². The molecule has 0 spiro atoms. The fraction of sp³-hybridized carbons (Fsp3) is 0.455. The van der Waals surface area contributed by atoms with E-state index in [-0.39, 0.29) is 15.8 Å². The predicted molar refractivity (Wildman–Crippen MR) is 74.6 cm³/mol. The highest BCUT2D eigenvalue weighted by molar-refractivity contribution is 7.98. The van der Waals surface area contributed by atoms with Gasteiger partial charge in [0.25, 0.3) is 0 Å². The Morgan fingerprint density at radius 1 is 1.33 bits per heavy atom. The maximum atomic E-state index is 12.1. The molecule has 2 nitrogen and oxygen atoms in total. The summed E-state index contributed by atoms with van der Waals surface area (Å²) in [7, 11) is 0. The van der Waals surface area contributed by atoms with Gasteiger partial charge in [-0.15, -0.1) is 0 Å². The minimum Gasteiger partial charge on any atom is -0.432 e. The van der Waals surface area contributed by atoms with Crippen molar-refractivity contribution in [3.05, 3.63) is 22.2 Å². The van der Waals surface area contributed by atoms with Gasteiger partial charge in [0.15, 0.2) is 5.75 Å². The first-order chi connectivity index (χ1) is 8.54. The molecule has 102 valence electrons. The number of hydrogen-bond acceptors (Lipinski definition) is 3. The third kappa shape index (κ3) is 5.08.